The second kappa shape index (κ2) is 4.23. The molecule has 0 atom stereocenters. The lowest BCUT2D eigenvalue weighted by Crippen LogP contribution is -2.30. The fourth-order valence-corrected chi connectivity index (χ4v) is 1.30. The summed E-state index contributed by atoms with van der Waals surface area (Å²) < 4.78 is 37.0. The second-order valence-electron chi connectivity index (χ2n) is 3.38. The van der Waals surface area contributed by atoms with E-state index >= 15 is 0 Å². The molecule has 2 aromatic heterocycles. The molecule has 2 N–H and O–H groups in total. The molecule has 0 aliphatic rings. The number of amides is 1. The van der Waals surface area contributed by atoms with Gasteiger partial charge in [0.25, 0.3) is 0 Å². The first kappa shape index (κ1) is 12.8. The highest BCUT2D eigenvalue weighted by Crippen LogP contribution is 2.17. The number of aromatic carboxylic acids is 1. The molecule has 7 nitrogen and oxygen atoms in total. The van der Waals surface area contributed by atoms with E-state index < -0.39 is 24.0 Å². The smallest absolute Gasteiger partial charge is 0.471 e. The van der Waals surface area contributed by atoms with Crippen LogP contribution in [-0.2, 0) is 4.79 Å². The van der Waals surface area contributed by atoms with Crippen molar-refractivity contribution in [3.05, 3.63) is 23.9 Å². The number of halogens is 3. The molecule has 0 radical (unpaired) electrons. The van der Waals surface area contributed by atoms with E-state index in [1.54, 1.807) is 0 Å². The fraction of sp³-hybridized carbons (Fsp3) is 0.111. The molecule has 2 rings (SSSR count). The predicted octanol–water partition coefficient (Wildman–Crippen LogP) is 0.928. The molecule has 0 aliphatic heterocycles. The molecule has 2 heterocycles. The average Bonchev–Trinajstić information content (AvgIpc) is 2.68. The number of anilines is 1. The van der Waals surface area contributed by atoms with Crippen molar-refractivity contribution < 1.29 is 27.9 Å². The Hall–Kier alpha value is -2.65. The summed E-state index contributed by atoms with van der Waals surface area (Å²) in [7, 11) is 0. The molecule has 100 valence electrons. The van der Waals surface area contributed by atoms with Gasteiger partial charge in [-0.15, -0.1) is 5.10 Å². The lowest BCUT2D eigenvalue weighted by atomic mass is 10.3. The number of carbonyl (C=O) groups excluding carboxylic acids is 1. The molecule has 0 aliphatic carbocycles. The molecule has 2 aromatic rings. The van der Waals surface area contributed by atoms with Crippen LogP contribution in [0.15, 0.2) is 18.3 Å². The van der Waals surface area contributed by atoms with Crippen molar-refractivity contribution in [2.24, 2.45) is 0 Å². The van der Waals surface area contributed by atoms with Crippen molar-refractivity contribution in [3.63, 3.8) is 0 Å². The number of pyridine rings is 1. The van der Waals surface area contributed by atoms with Crippen LogP contribution in [0.25, 0.3) is 5.65 Å². The maximum absolute atomic E-state index is 12.0. The zero-order valence-corrected chi connectivity index (χ0v) is 8.97. The molecule has 1 amide bonds. The number of alkyl halides is 3. The lowest BCUT2D eigenvalue weighted by Gasteiger charge is -2.03. The van der Waals surface area contributed by atoms with E-state index in [9.17, 15) is 22.8 Å². The summed E-state index contributed by atoms with van der Waals surface area (Å²) in [6.07, 6.45) is -3.79. The highest BCUT2D eigenvalue weighted by atomic mass is 19.4. The number of aromatic nitrogens is 3. The predicted molar refractivity (Wildman–Crippen MR) is 54.6 cm³/mol. The van der Waals surface area contributed by atoms with Gasteiger partial charge in [-0.1, -0.05) is 0 Å². The van der Waals surface area contributed by atoms with Crippen LogP contribution in [0.4, 0.5) is 19.1 Å². The van der Waals surface area contributed by atoms with Gasteiger partial charge in [-0.3, -0.25) is 10.1 Å². The van der Waals surface area contributed by atoms with E-state index in [2.05, 4.69) is 10.1 Å². The molecule has 10 heteroatoms. The maximum Gasteiger partial charge on any atom is 0.471 e. The molecule has 0 spiro atoms. The molecule has 0 saturated heterocycles. The normalized spacial score (nSPS) is 11.5. The molecule has 0 fully saturated rings. The summed E-state index contributed by atoms with van der Waals surface area (Å²) in [5, 5.41) is 13.8. The van der Waals surface area contributed by atoms with Gasteiger partial charge in [-0.25, -0.2) is 9.31 Å². The Balaban J connectivity index is 2.40. The molecule has 0 saturated carbocycles. The van der Waals surface area contributed by atoms with Crippen LogP contribution in [0.1, 0.15) is 10.4 Å². The van der Waals surface area contributed by atoms with Crippen molar-refractivity contribution in [1.82, 2.24) is 14.6 Å². The Morgan fingerprint density at radius 2 is 2.05 bits per heavy atom. The second-order valence-corrected chi connectivity index (χ2v) is 3.38. The van der Waals surface area contributed by atoms with Gasteiger partial charge in [-0.2, -0.15) is 18.2 Å². The quantitative estimate of drug-likeness (QED) is 0.849. The number of carboxylic acids is 1. The van der Waals surface area contributed by atoms with Gasteiger partial charge in [0.1, 0.15) is 5.56 Å². The molecule has 0 aromatic carbocycles. The minimum absolute atomic E-state index is 0.174. The Labute approximate surface area is 102 Å². The summed E-state index contributed by atoms with van der Waals surface area (Å²) >= 11 is 0. The van der Waals surface area contributed by atoms with Crippen LogP contribution in [0.2, 0.25) is 0 Å². The van der Waals surface area contributed by atoms with Gasteiger partial charge >= 0.3 is 18.1 Å². The molecule has 0 unspecified atom stereocenters. The largest absolute Gasteiger partial charge is 0.478 e. The van der Waals surface area contributed by atoms with E-state index in [4.69, 9.17) is 5.11 Å². The van der Waals surface area contributed by atoms with Gasteiger partial charge in [0.2, 0.25) is 5.95 Å². The molecular formula is C9H5F3N4O3. The molecule has 0 bridgehead atoms. The third kappa shape index (κ3) is 2.46. The van der Waals surface area contributed by atoms with E-state index in [0.717, 1.165) is 4.52 Å². The monoisotopic (exact) mass is 274 g/mol. The average molecular weight is 274 g/mol. The Morgan fingerprint density at radius 1 is 1.37 bits per heavy atom. The minimum atomic E-state index is -5.08. The van der Waals surface area contributed by atoms with E-state index in [0.29, 0.717) is 0 Å². The summed E-state index contributed by atoms with van der Waals surface area (Å²) in [5.74, 6) is -4.18. The zero-order valence-electron chi connectivity index (χ0n) is 8.97. The molecule has 19 heavy (non-hydrogen) atoms. The minimum Gasteiger partial charge on any atom is -0.478 e. The molecular weight excluding hydrogens is 269 g/mol. The van der Waals surface area contributed by atoms with Crippen molar-refractivity contribution in [2.75, 3.05) is 5.32 Å². The van der Waals surface area contributed by atoms with Crippen LogP contribution in [-0.4, -0.2) is 37.8 Å². The topological polar surface area (TPSA) is 96.6 Å². The summed E-state index contributed by atoms with van der Waals surface area (Å²) in [4.78, 5) is 25.1. The number of nitrogens with one attached hydrogen (secondary N) is 1. The van der Waals surface area contributed by atoms with Crippen LogP contribution in [0, 0.1) is 0 Å². The van der Waals surface area contributed by atoms with Crippen molar-refractivity contribution in [1.29, 1.82) is 0 Å². The number of fused-ring (bicyclic) bond motifs is 1. The lowest BCUT2D eigenvalue weighted by molar-refractivity contribution is -0.167. The highest BCUT2D eigenvalue weighted by molar-refractivity contribution is 5.96. The number of hydrogen-bond acceptors (Lipinski definition) is 4. The summed E-state index contributed by atoms with van der Waals surface area (Å²) in [6, 6.07) is 2.54. The van der Waals surface area contributed by atoms with E-state index in [1.807, 2.05) is 0 Å². The fourth-order valence-electron chi connectivity index (χ4n) is 1.30. The van der Waals surface area contributed by atoms with Crippen LogP contribution < -0.4 is 5.32 Å². The van der Waals surface area contributed by atoms with Gasteiger partial charge < -0.3 is 5.11 Å². The van der Waals surface area contributed by atoms with E-state index in [1.165, 1.54) is 23.6 Å². The zero-order chi connectivity index (χ0) is 14.2. The SMILES string of the molecule is O=C(O)c1cccn2nc(NC(=O)C(F)(F)F)nc12. The maximum atomic E-state index is 12.0. The van der Waals surface area contributed by atoms with Gasteiger partial charge in [-0.05, 0) is 12.1 Å². The van der Waals surface area contributed by atoms with Crippen molar-refractivity contribution >= 4 is 23.5 Å². The first-order valence-electron chi connectivity index (χ1n) is 4.76. The van der Waals surface area contributed by atoms with Crippen LogP contribution in [0.3, 0.4) is 0 Å². The number of carboxylic acid groups (broad SMARTS) is 1. The summed E-state index contributed by atoms with van der Waals surface area (Å²) in [5.41, 5.74) is -0.421. The number of carbonyl (C=O) groups is 2. The standard InChI is InChI=1S/C9H5F3N4O3/c10-9(11,12)7(19)14-8-13-5-4(6(17)18)2-1-3-16(5)15-8/h1-3H,(H,17,18)(H,14,15,19). The Bertz CT molecular complexity index is 664. The first-order chi connectivity index (χ1) is 8.79. The highest BCUT2D eigenvalue weighted by Gasteiger charge is 2.39. The number of nitrogens with zero attached hydrogens (tertiary/aromatic N) is 3. The van der Waals surface area contributed by atoms with Crippen LogP contribution in [0.5, 0.6) is 0 Å². The van der Waals surface area contributed by atoms with Crippen LogP contribution >= 0.6 is 0 Å². The Kier molecular flexibility index (Phi) is 2.85. The first-order valence-corrected chi connectivity index (χ1v) is 4.76. The number of rotatable bonds is 2. The van der Waals surface area contributed by atoms with E-state index in [-0.39, 0.29) is 11.2 Å². The Morgan fingerprint density at radius 3 is 2.63 bits per heavy atom. The number of hydrogen-bond donors (Lipinski definition) is 2. The third-order valence-corrected chi connectivity index (χ3v) is 2.08. The summed E-state index contributed by atoms with van der Waals surface area (Å²) in [6.45, 7) is 0. The third-order valence-electron chi connectivity index (χ3n) is 2.08. The van der Waals surface area contributed by atoms with Gasteiger partial charge in [0.15, 0.2) is 5.65 Å². The van der Waals surface area contributed by atoms with Gasteiger partial charge in [0, 0.05) is 6.20 Å². The van der Waals surface area contributed by atoms with Crippen molar-refractivity contribution in [3.8, 4) is 0 Å². The van der Waals surface area contributed by atoms with Gasteiger partial charge in [0.05, 0.1) is 0 Å². The van der Waals surface area contributed by atoms with Crippen molar-refractivity contribution in [2.45, 2.75) is 6.18 Å².